The second kappa shape index (κ2) is 4.77. The monoisotopic (exact) mass is 214 g/mol. The zero-order chi connectivity index (χ0) is 11.4. The molecular weight excluding hydrogens is 200 g/mol. The van der Waals surface area contributed by atoms with Gasteiger partial charge in [-0.3, -0.25) is 4.98 Å². The average molecular weight is 214 g/mol. The quantitative estimate of drug-likeness (QED) is 0.825. The number of rotatable bonds is 3. The molecule has 1 aromatic carbocycles. The van der Waals surface area contributed by atoms with Crippen LogP contribution in [0.4, 0.5) is 11.4 Å². The van der Waals surface area contributed by atoms with Gasteiger partial charge in [0, 0.05) is 11.9 Å². The van der Waals surface area contributed by atoms with Gasteiger partial charge in [0.05, 0.1) is 18.5 Å². The highest BCUT2D eigenvalue weighted by Crippen LogP contribution is 2.16. The Morgan fingerprint density at radius 1 is 1.12 bits per heavy atom. The van der Waals surface area contributed by atoms with Gasteiger partial charge in [-0.05, 0) is 30.7 Å². The molecule has 0 atom stereocenters. The second-order valence-electron chi connectivity index (χ2n) is 3.73. The van der Waals surface area contributed by atoms with Gasteiger partial charge in [0.1, 0.15) is 0 Å². The Morgan fingerprint density at radius 3 is 2.56 bits per heavy atom. The van der Waals surface area contributed by atoms with Crippen LogP contribution in [-0.4, -0.2) is 10.1 Å². The molecule has 0 aliphatic heterocycles. The van der Waals surface area contributed by atoms with Gasteiger partial charge in [0.2, 0.25) is 0 Å². The molecule has 16 heavy (non-hydrogen) atoms. The largest absolute Gasteiger partial charge is 0.392 e. The molecule has 0 bridgehead atoms. The number of pyridine rings is 1. The summed E-state index contributed by atoms with van der Waals surface area (Å²) in [6.07, 6.45) is 3.39. The maximum atomic E-state index is 9.00. The van der Waals surface area contributed by atoms with E-state index in [4.69, 9.17) is 5.11 Å². The highest BCUT2D eigenvalue weighted by molar-refractivity contribution is 5.59. The number of anilines is 2. The van der Waals surface area contributed by atoms with E-state index in [1.807, 2.05) is 30.3 Å². The van der Waals surface area contributed by atoms with Gasteiger partial charge in [-0.2, -0.15) is 0 Å². The van der Waals surface area contributed by atoms with Crippen LogP contribution in [0.5, 0.6) is 0 Å². The fourth-order valence-electron chi connectivity index (χ4n) is 1.45. The standard InChI is InChI=1S/C13H14N2O/c1-10-2-4-12(5-3-10)15-13-6-11(9-16)7-14-8-13/h2-8,15-16H,9H2,1H3. The van der Waals surface area contributed by atoms with Crippen molar-refractivity contribution in [3.63, 3.8) is 0 Å². The number of nitrogens with one attached hydrogen (secondary N) is 1. The van der Waals surface area contributed by atoms with Crippen molar-refractivity contribution in [1.82, 2.24) is 4.98 Å². The molecule has 0 saturated heterocycles. The number of hydrogen-bond donors (Lipinski definition) is 2. The van der Waals surface area contributed by atoms with Crippen molar-refractivity contribution in [1.29, 1.82) is 0 Å². The van der Waals surface area contributed by atoms with Crippen LogP contribution in [0.1, 0.15) is 11.1 Å². The lowest BCUT2D eigenvalue weighted by atomic mass is 10.2. The fourth-order valence-corrected chi connectivity index (χ4v) is 1.45. The van der Waals surface area contributed by atoms with Crippen LogP contribution in [0.25, 0.3) is 0 Å². The highest BCUT2D eigenvalue weighted by atomic mass is 16.3. The van der Waals surface area contributed by atoms with E-state index >= 15 is 0 Å². The van der Waals surface area contributed by atoms with E-state index < -0.39 is 0 Å². The minimum atomic E-state index is 0.0103. The van der Waals surface area contributed by atoms with Crippen LogP contribution in [0, 0.1) is 6.92 Å². The Morgan fingerprint density at radius 2 is 1.88 bits per heavy atom. The lowest BCUT2D eigenvalue weighted by molar-refractivity contribution is 0.281. The first-order valence-electron chi connectivity index (χ1n) is 5.16. The summed E-state index contributed by atoms with van der Waals surface area (Å²) in [5, 5.41) is 12.2. The Kier molecular flexibility index (Phi) is 3.17. The molecule has 0 aliphatic carbocycles. The first kappa shape index (κ1) is 10.6. The smallest absolute Gasteiger partial charge is 0.0697 e. The third-order valence-corrected chi connectivity index (χ3v) is 2.32. The van der Waals surface area contributed by atoms with Gasteiger partial charge in [-0.25, -0.2) is 0 Å². The van der Waals surface area contributed by atoms with Crippen molar-refractivity contribution < 1.29 is 5.11 Å². The summed E-state index contributed by atoms with van der Waals surface area (Å²) >= 11 is 0. The molecule has 0 aliphatic rings. The van der Waals surface area contributed by atoms with Crippen molar-refractivity contribution in [2.24, 2.45) is 0 Å². The third kappa shape index (κ3) is 2.58. The Bertz CT molecular complexity index is 466. The number of aryl methyl sites for hydroxylation is 1. The van der Waals surface area contributed by atoms with E-state index in [2.05, 4.69) is 17.2 Å². The van der Waals surface area contributed by atoms with Gasteiger partial charge in [0.15, 0.2) is 0 Å². The molecule has 3 heteroatoms. The van der Waals surface area contributed by atoms with Crippen LogP contribution >= 0.6 is 0 Å². The summed E-state index contributed by atoms with van der Waals surface area (Å²) in [5.41, 5.74) is 3.93. The molecule has 0 unspecified atom stereocenters. The SMILES string of the molecule is Cc1ccc(Nc2cncc(CO)c2)cc1. The molecule has 1 aromatic heterocycles. The maximum absolute atomic E-state index is 9.00. The summed E-state index contributed by atoms with van der Waals surface area (Å²) in [6, 6.07) is 10.0. The van der Waals surface area contributed by atoms with Gasteiger partial charge in [-0.1, -0.05) is 17.7 Å². The molecule has 1 heterocycles. The number of benzene rings is 1. The normalized spacial score (nSPS) is 10.1. The van der Waals surface area contributed by atoms with Crippen molar-refractivity contribution in [3.05, 3.63) is 53.9 Å². The second-order valence-corrected chi connectivity index (χ2v) is 3.73. The van der Waals surface area contributed by atoms with Gasteiger partial charge >= 0.3 is 0 Å². The van der Waals surface area contributed by atoms with Gasteiger partial charge < -0.3 is 10.4 Å². The number of aromatic nitrogens is 1. The van der Waals surface area contributed by atoms with Gasteiger partial charge in [0.25, 0.3) is 0 Å². The van der Waals surface area contributed by atoms with Crippen LogP contribution in [0.3, 0.4) is 0 Å². The lowest BCUT2D eigenvalue weighted by Gasteiger charge is -2.07. The van der Waals surface area contributed by atoms with E-state index in [-0.39, 0.29) is 6.61 Å². The predicted octanol–water partition coefficient (Wildman–Crippen LogP) is 2.63. The van der Waals surface area contributed by atoms with E-state index in [0.29, 0.717) is 0 Å². The molecule has 2 N–H and O–H groups in total. The molecule has 2 rings (SSSR count). The molecule has 0 fully saturated rings. The summed E-state index contributed by atoms with van der Waals surface area (Å²) in [5.74, 6) is 0. The Balaban J connectivity index is 2.16. The van der Waals surface area contributed by atoms with Crippen LogP contribution in [0.15, 0.2) is 42.7 Å². The number of nitrogens with zero attached hydrogens (tertiary/aromatic N) is 1. The topological polar surface area (TPSA) is 45.2 Å². The predicted molar refractivity (Wildman–Crippen MR) is 64.6 cm³/mol. The Labute approximate surface area is 94.8 Å². The number of aliphatic hydroxyl groups is 1. The maximum Gasteiger partial charge on any atom is 0.0697 e. The highest BCUT2D eigenvalue weighted by Gasteiger charge is 1.96. The van der Waals surface area contributed by atoms with Gasteiger partial charge in [-0.15, -0.1) is 0 Å². The van der Waals surface area contributed by atoms with Crippen molar-refractivity contribution >= 4 is 11.4 Å². The number of hydrogen-bond acceptors (Lipinski definition) is 3. The van der Waals surface area contributed by atoms with Crippen molar-refractivity contribution in [3.8, 4) is 0 Å². The minimum Gasteiger partial charge on any atom is -0.392 e. The molecular formula is C13H14N2O. The van der Waals surface area contributed by atoms with E-state index in [1.54, 1.807) is 12.4 Å². The van der Waals surface area contributed by atoms with Crippen LogP contribution in [-0.2, 0) is 6.61 Å². The number of aliphatic hydroxyl groups excluding tert-OH is 1. The summed E-state index contributed by atoms with van der Waals surface area (Å²) in [7, 11) is 0. The molecule has 82 valence electrons. The first-order chi connectivity index (χ1) is 7.78. The summed E-state index contributed by atoms with van der Waals surface area (Å²) in [6.45, 7) is 2.06. The first-order valence-corrected chi connectivity index (χ1v) is 5.16. The average Bonchev–Trinajstić information content (AvgIpc) is 2.32. The molecule has 0 radical (unpaired) electrons. The minimum absolute atomic E-state index is 0.0103. The molecule has 0 saturated carbocycles. The fraction of sp³-hybridized carbons (Fsp3) is 0.154. The third-order valence-electron chi connectivity index (χ3n) is 2.32. The zero-order valence-electron chi connectivity index (χ0n) is 9.14. The van der Waals surface area contributed by atoms with E-state index in [9.17, 15) is 0 Å². The molecule has 0 spiro atoms. The van der Waals surface area contributed by atoms with Crippen molar-refractivity contribution in [2.45, 2.75) is 13.5 Å². The lowest BCUT2D eigenvalue weighted by Crippen LogP contribution is -1.93. The Hall–Kier alpha value is -1.87. The zero-order valence-corrected chi connectivity index (χ0v) is 9.14. The summed E-state index contributed by atoms with van der Waals surface area (Å²) < 4.78 is 0. The van der Waals surface area contributed by atoms with E-state index in [0.717, 1.165) is 16.9 Å². The molecule has 0 amide bonds. The molecule has 3 nitrogen and oxygen atoms in total. The van der Waals surface area contributed by atoms with Crippen molar-refractivity contribution in [2.75, 3.05) is 5.32 Å². The molecule has 2 aromatic rings. The van der Waals surface area contributed by atoms with E-state index in [1.165, 1.54) is 5.56 Å². The van der Waals surface area contributed by atoms with Crippen LogP contribution < -0.4 is 5.32 Å². The summed E-state index contributed by atoms with van der Waals surface area (Å²) in [4.78, 5) is 4.05. The van der Waals surface area contributed by atoms with Crippen LogP contribution in [0.2, 0.25) is 0 Å².